The van der Waals surface area contributed by atoms with Crippen molar-refractivity contribution in [1.82, 2.24) is 0 Å². The van der Waals surface area contributed by atoms with E-state index in [1.807, 2.05) is 0 Å². The van der Waals surface area contributed by atoms with E-state index >= 15 is 0 Å². The molecule has 3 nitrogen and oxygen atoms in total. The first-order valence-corrected chi connectivity index (χ1v) is 3.60. The predicted molar refractivity (Wildman–Crippen MR) is 42.5 cm³/mol. The molecule has 0 spiro atoms. The molecule has 0 fully saturated rings. The highest BCUT2D eigenvalue weighted by Gasteiger charge is 2.06. The first-order valence-electron chi connectivity index (χ1n) is 3.16. The average Bonchev–Trinajstić information content (AvgIpc) is 1.99. The van der Waals surface area contributed by atoms with E-state index in [4.69, 9.17) is 16.7 Å². The number of aliphatic hydroxyl groups excluding tert-OH is 1. The van der Waals surface area contributed by atoms with E-state index in [1.54, 1.807) is 6.92 Å². The van der Waals surface area contributed by atoms with Gasteiger partial charge < -0.3 is 9.84 Å². The lowest BCUT2D eigenvalue weighted by Gasteiger charge is -2.05. The summed E-state index contributed by atoms with van der Waals surface area (Å²) in [6.07, 6.45) is 1.90. The highest BCUT2D eigenvalue weighted by atomic mass is 35.5. The molecule has 0 saturated heterocycles. The summed E-state index contributed by atoms with van der Waals surface area (Å²) in [5.41, 5.74) is 0. The topological polar surface area (TPSA) is 46.5 Å². The Morgan fingerprint density at radius 2 is 2.27 bits per heavy atom. The molecule has 1 N–H and O–H groups in total. The quantitative estimate of drug-likeness (QED) is 0.393. The van der Waals surface area contributed by atoms with E-state index < -0.39 is 17.5 Å². The van der Waals surface area contributed by atoms with Gasteiger partial charge >= 0.3 is 5.97 Å². The molecular weight excluding hydrogens is 168 g/mol. The SMILES string of the molecule is COC(=O)/C=C/[C@H](Cl)[C@@H](C)O. The Morgan fingerprint density at radius 3 is 2.64 bits per heavy atom. The van der Waals surface area contributed by atoms with Crippen LogP contribution in [0.5, 0.6) is 0 Å². The fourth-order valence-electron chi connectivity index (χ4n) is 0.399. The van der Waals surface area contributed by atoms with E-state index in [0.717, 1.165) is 0 Å². The highest BCUT2D eigenvalue weighted by Crippen LogP contribution is 2.03. The van der Waals surface area contributed by atoms with Gasteiger partial charge in [0.2, 0.25) is 0 Å². The largest absolute Gasteiger partial charge is 0.466 e. The zero-order valence-corrected chi connectivity index (χ0v) is 7.21. The van der Waals surface area contributed by atoms with Crippen LogP contribution >= 0.6 is 11.6 Å². The van der Waals surface area contributed by atoms with Crippen LogP contribution in [0, 0.1) is 0 Å². The van der Waals surface area contributed by atoms with Crippen LogP contribution < -0.4 is 0 Å². The fraction of sp³-hybridized carbons (Fsp3) is 0.571. The van der Waals surface area contributed by atoms with E-state index in [-0.39, 0.29) is 0 Å². The van der Waals surface area contributed by atoms with Crippen molar-refractivity contribution in [3.05, 3.63) is 12.2 Å². The second kappa shape index (κ2) is 5.16. The van der Waals surface area contributed by atoms with Crippen LogP contribution in [0.4, 0.5) is 0 Å². The van der Waals surface area contributed by atoms with Crippen molar-refractivity contribution in [2.45, 2.75) is 18.4 Å². The molecule has 0 bridgehead atoms. The Hall–Kier alpha value is -0.540. The molecule has 0 heterocycles. The van der Waals surface area contributed by atoms with Crippen LogP contribution in [0.25, 0.3) is 0 Å². The van der Waals surface area contributed by atoms with Crippen molar-refractivity contribution < 1.29 is 14.6 Å². The van der Waals surface area contributed by atoms with Gasteiger partial charge in [0.25, 0.3) is 0 Å². The zero-order valence-electron chi connectivity index (χ0n) is 6.45. The summed E-state index contributed by atoms with van der Waals surface area (Å²) >= 11 is 5.57. The summed E-state index contributed by atoms with van der Waals surface area (Å²) in [6.45, 7) is 1.54. The van der Waals surface area contributed by atoms with Crippen LogP contribution in [0.1, 0.15) is 6.92 Å². The summed E-state index contributed by atoms with van der Waals surface area (Å²) in [4.78, 5) is 10.5. The molecule has 0 aliphatic heterocycles. The van der Waals surface area contributed by atoms with Gasteiger partial charge in [0.1, 0.15) is 0 Å². The maximum Gasteiger partial charge on any atom is 0.330 e. The molecule has 0 aliphatic rings. The van der Waals surface area contributed by atoms with Crippen molar-refractivity contribution in [1.29, 1.82) is 0 Å². The lowest BCUT2D eigenvalue weighted by molar-refractivity contribution is -0.134. The fourth-order valence-corrected chi connectivity index (χ4v) is 0.472. The van der Waals surface area contributed by atoms with Crippen molar-refractivity contribution in [3.8, 4) is 0 Å². The number of carbonyl (C=O) groups excluding carboxylic acids is 1. The normalized spacial score (nSPS) is 16.4. The molecule has 2 atom stereocenters. The third-order valence-corrected chi connectivity index (χ3v) is 1.59. The molecule has 64 valence electrons. The summed E-state index contributed by atoms with van der Waals surface area (Å²) in [6, 6.07) is 0. The molecule has 0 aromatic heterocycles. The maximum absolute atomic E-state index is 10.5. The lowest BCUT2D eigenvalue weighted by Crippen LogP contribution is -2.14. The number of aliphatic hydroxyl groups is 1. The van der Waals surface area contributed by atoms with Crippen LogP contribution in [-0.4, -0.2) is 29.7 Å². The summed E-state index contributed by atoms with van der Waals surface area (Å²) in [5.74, 6) is -0.476. The van der Waals surface area contributed by atoms with Crippen LogP contribution in [0.2, 0.25) is 0 Å². The van der Waals surface area contributed by atoms with Gasteiger partial charge in [0, 0.05) is 6.08 Å². The molecule has 0 saturated carbocycles. The number of hydrogen-bond acceptors (Lipinski definition) is 3. The summed E-state index contributed by atoms with van der Waals surface area (Å²) in [5, 5.41) is 8.32. The Balaban J connectivity index is 3.82. The number of alkyl halides is 1. The molecule has 0 amide bonds. The van der Waals surface area contributed by atoms with Gasteiger partial charge in [0.05, 0.1) is 18.6 Å². The minimum Gasteiger partial charge on any atom is -0.466 e. The minimum absolute atomic E-state index is 0.476. The van der Waals surface area contributed by atoms with Gasteiger partial charge in [-0.1, -0.05) is 6.08 Å². The van der Waals surface area contributed by atoms with Crippen LogP contribution in [0.15, 0.2) is 12.2 Å². The van der Waals surface area contributed by atoms with Crippen LogP contribution in [-0.2, 0) is 9.53 Å². The second-order valence-electron chi connectivity index (χ2n) is 2.07. The third kappa shape index (κ3) is 4.81. The van der Waals surface area contributed by atoms with E-state index in [1.165, 1.54) is 19.3 Å². The van der Waals surface area contributed by atoms with Gasteiger partial charge in [-0.2, -0.15) is 0 Å². The molecule has 0 aromatic carbocycles. The van der Waals surface area contributed by atoms with Crippen molar-refractivity contribution in [2.75, 3.05) is 7.11 Å². The van der Waals surface area contributed by atoms with E-state index in [9.17, 15) is 4.79 Å². The van der Waals surface area contributed by atoms with Crippen molar-refractivity contribution in [3.63, 3.8) is 0 Å². The Morgan fingerprint density at radius 1 is 1.73 bits per heavy atom. The monoisotopic (exact) mass is 178 g/mol. The Bertz CT molecular complexity index is 154. The zero-order chi connectivity index (χ0) is 8.85. The first-order chi connectivity index (χ1) is 5.07. The number of carbonyl (C=O) groups is 1. The third-order valence-electron chi connectivity index (χ3n) is 1.08. The first kappa shape index (κ1) is 10.5. The van der Waals surface area contributed by atoms with Gasteiger partial charge in [-0.05, 0) is 6.92 Å². The molecule has 4 heteroatoms. The summed E-state index contributed by atoms with van der Waals surface area (Å²) in [7, 11) is 1.28. The standard InChI is InChI=1S/C7H11ClO3/c1-5(9)6(8)3-4-7(10)11-2/h3-6,9H,1-2H3/b4-3+/t5-,6+/m1/s1. The van der Waals surface area contributed by atoms with Crippen molar-refractivity contribution in [2.24, 2.45) is 0 Å². The molecule has 0 unspecified atom stereocenters. The minimum atomic E-state index is -0.669. The van der Waals surface area contributed by atoms with Crippen LogP contribution in [0.3, 0.4) is 0 Å². The molecule has 0 rings (SSSR count). The number of methoxy groups -OCH3 is 1. The number of hydrogen-bond donors (Lipinski definition) is 1. The lowest BCUT2D eigenvalue weighted by atomic mass is 10.2. The molecule has 0 aliphatic carbocycles. The second-order valence-corrected chi connectivity index (χ2v) is 2.57. The molecule has 11 heavy (non-hydrogen) atoms. The number of ether oxygens (including phenoxy) is 1. The number of rotatable bonds is 3. The molecule has 0 radical (unpaired) electrons. The van der Waals surface area contributed by atoms with Gasteiger partial charge in [-0.25, -0.2) is 4.79 Å². The van der Waals surface area contributed by atoms with E-state index in [0.29, 0.717) is 0 Å². The van der Waals surface area contributed by atoms with Gasteiger partial charge in [0.15, 0.2) is 0 Å². The number of esters is 1. The Kier molecular flexibility index (Phi) is 4.90. The maximum atomic E-state index is 10.5. The average molecular weight is 179 g/mol. The van der Waals surface area contributed by atoms with E-state index in [2.05, 4.69) is 4.74 Å². The number of halogens is 1. The molecular formula is C7H11ClO3. The van der Waals surface area contributed by atoms with Gasteiger partial charge in [-0.15, -0.1) is 11.6 Å². The smallest absolute Gasteiger partial charge is 0.330 e. The summed E-state index contributed by atoms with van der Waals surface area (Å²) < 4.78 is 4.31. The Labute approximate surface area is 70.6 Å². The molecule has 0 aromatic rings. The highest BCUT2D eigenvalue weighted by molar-refractivity contribution is 6.22. The predicted octanol–water partition coefficient (Wildman–Crippen LogP) is 0.704. The van der Waals surface area contributed by atoms with Gasteiger partial charge in [-0.3, -0.25) is 0 Å². The van der Waals surface area contributed by atoms with Crippen molar-refractivity contribution >= 4 is 17.6 Å².